The molecule has 19 heavy (non-hydrogen) atoms. The van der Waals surface area contributed by atoms with E-state index in [9.17, 15) is 18.0 Å². The van der Waals surface area contributed by atoms with Crippen molar-refractivity contribution in [3.8, 4) is 0 Å². The first kappa shape index (κ1) is 11.8. The monoisotopic (exact) mass is 278 g/mol. The smallest absolute Gasteiger partial charge is 0.346 e. The van der Waals surface area contributed by atoms with Crippen molar-refractivity contribution < 1.29 is 27.3 Å². The SMILES string of the molecule is O=C1OC(=O)c2cc(S(=O)(=O)O)cc3cccc1c23. The van der Waals surface area contributed by atoms with Crippen molar-refractivity contribution in [3.63, 3.8) is 0 Å². The molecule has 1 aliphatic rings. The third kappa shape index (κ3) is 1.71. The van der Waals surface area contributed by atoms with Gasteiger partial charge < -0.3 is 4.74 Å². The highest BCUT2D eigenvalue weighted by Crippen LogP contribution is 2.31. The summed E-state index contributed by atoms with van der Waals surface area (Å²) in [6.45, 7) is 0. The van der Waals surface area contributed by atoms with E-state index in [4.69, 9.17) is 4.55 Å². The predicted molar refractivity (Wildman–Crippen MR) is 63.5 cm³/mol. The molecular formula is C12H6O6S. The molecule has 0 amide bonds. The van der Waals surface area contributed by atoms with Crippen LogP contribution in [0.25, 0.3) is 10.8 Å². The van der Waals surface area contributed by atoms with Crippen LogP contribution in [-0.2, 0) is 14.9 Å². The fraction of sp³-hybridized carbons (Fsp3) is 0. The molecule has 96 valence electrons. The molecule has 1 N–H and O–H groups in total. The van der Waals surface area contributed by atoms with E-state index in [0.29, 0.717) is 10.8 Å². The Balaban J connectivity index is 2.51. The maximum Gasteiger partial charge on any atom is 0.346 e. The summed E-state index contributed by atoms with van der Waals surface area (Å²) in [4.78, 5) is 22.8. The fourth-order valence-electron chi connectivity index (χ4n) is 2.07. The van der Waals surface area contributed by atoms with Crippen molar-refractivity contribution in [2.24, 2.45) is 0 Å². The van der Waals surface area contributed by atoms with Crippen LogP contribution in [0.2, 0.25) is 0 Å². The molecule has 0 radical (unpaired) electrons. The van der Waals surface area contributed by atoms with Crippen LogP contribution in [0.15, 0.2) is 35.2 Å². The summed E-state index contributed by atoms with van der Waals surface area (Å²) in [5.41, 5.74) is 0.134. The van der Waals surface area contributed by atoms with Gasteiger partial charge in [-0.3, -0.25) is 4.55 Å². The molecular weight excluding hydrogens is 272 g/mol. The second kappa shape index (κ2) is 3.62. The Morgan fingerprint density at radius 2 is 1.68 bits per heavy atom. The molecule has 0 saturated heterocycles. The molecule has 0 aromatic heterocycles. The second-order valence-corrected chi connectivity index (χ2v) is 5.45. The van der Waals surface area contributed by atoms with Crippen LogP contribution in [0.5, 0.6) is 0 Å². The zero-order valence-electron chi connectivity index (χ0n) is 9.28. The summed E-state index contributed by atoms with van der Waals surface area (Å²) in [6, 6.07) is 6.75. The highest BCUT2D eigenvalue weighted by Gasteiger charge is 2.28. The fourth-order valence-corrected chi connectivity index (χ4v) is 2.62. The minimum absolute atomic E-state index is 0.0553. The topological polar surface area (TPSA) is 97.7 Å². The standard InChI is InChI=1S/C12H6O6S/c13-11-8-3-1-2-6-4-7(19(15,16)17)5-9(10(6)8)12(14)18-11/h1-5H,(H,15,16,17). The number of hydrogen-bond donors (Lipinski definition) is 1. The summed E-state index contributed by atoms with van der Waals surface area (Å²) in [5, 5.41) is 0.698. The third-order valence-corrected chi connectivity index (χ3v) is 3.70. The largest absolute Gasteiger partial charge is 0.386 e. The zero-order chi connectivity index (χ0) is 13.8. The molecule has 0 aliphatic carbocycles. The Bertz CT molecular complexity index is 850. The van der Waals surface area contributed by atoms with Crippen molar-refractivity contribution in [2.45, 2.75) is 4.90 Å². The van der Waals surface area contributed by atoms with E-state index < -0.39 is 27.0 Å². The number of carbonyl (C=O) groups is 2. The summed E-state index contributed by atoms with van der Waals surface area (Å²) in [7, 11) is -4.45. The van der Waals surface area contributed by atoms with Crippen LogP contribution in [-0.4, -0.2) is 24.9 Å². The van der Waals surface area contributed by atoms with Gasteiger partial charge in [0.25, 0.3) is 10.1 Å². The van der Waals surface area contributed by atoms with E-state index in [2.05, 4.69) is 4.74 Å². The highest BCUT2D eigenvalue weighted by atomic mass is 32.2. The van der Waals surface area contributed by atoms with Crippen molar-refractivity contribution >= 4 is 32.8 Å². The molecule has 2 aromatic carbocycles. The lowest BCUT2D eigenvalue weighted by atomic mass is 9.97. The number of ether oxygens (including phenoxy) is 1. The number of esters is 2. The molecule has 3 rings (SSSR count). The normalized spacial score (nSPS) is 14.6. The summed E-state index contributed by atoms with van der Waals surface area (Å²) < 4.78 is 35.9. The number of cyclic esters (lactones) is 2. The molecule has 2 aromatic rings. The maximum atomic E-state index is 11.6. The van der Waals surface area contributed by atoms with Crippen LogP contribution in [0.4, 0.5) is 0 Å². The Kier molecular flexibility index (Phi) is 2.25. The molecule has 0 saturated carbocycles. The van der Waals surface area contributed by atoms with Crippen LogP contribution in [0.1, 0.15) is 20.7 Å². The Morgan fingerprint density at radius 3 is 2.37 bits per heavy atom. The van der Waals surface area contributed by atoms with Gasteiger partial charge in [0, 0.05) is 5.39 Å². The third-order valence-electron chi connectivity index (χ3n) is 2.87. The second-order valence-electron chi connectivity index (χ2n) is 4.03. The van der Waals surface area contributed by atoms with E-state index in [0.717, 1.165) is 6.07 Å². The van der Waals surface area contributed by atoms with Crippen LogP contribution >= 0.6 is 0 Å². The van der Waals surface area contributed by atoms with Gasteiger partial charge in [0.05, 0.1) is 16.0 Å². The van der Waals surface area contributed by atoms with Gasteiger partial charge in [-0.15, -0.1) is 0 Å². The van der Waals surface area contributed by atoms with E-state index in [-0.39, 0.29) is 11.1 Å². The first-order valence-corrected chi connectivity index (χ1v) is 6.63. The molecule has 0 atom stereocenters. The van der Waals surface area contributed by atoms with Crippen LogP contribution < -0.4 is 0 Å². The average molecular weight is 278 g/mol. The van der Waals surface area contributed by atoms with E-state index in [1.165, 1.54) is 18.2 Å². The Morgan fingerprint density at radius 1 is 1.00 bits per heavy atom. The lowest BCUT2D eigenvalue weighted by molar-refractivity contribution is 0.0391. The molecule has 0 unspecified atom stereocenters. The molecule has 7 heteroatoms. The van der Waals surface area contributed by atoms with Gasteiger partial charge in [0.15, 0.2) is 0 Å². The van der Waals surface area contributed by atoms with Gasteiger partial charge in [0.1, 0.15) is 0 Å². The first-order chi connectivity index (χ1) is 8.88. The number of hydrogen-bond acceptors (Lipinski definition) is 5. The van der Waals surface area contributed by atoms with Crippen molar-refractivity contribution in [3.05, 3.63) is 41.5 Å². The van der Waals surface area contributed by atoms with Gasteiger partial charge >= 0.3 is 11.9 Å². The van der Waals surface area contributed by atoms with Crippen LogP contribution in [0, 0.1) is 0 Å². The number of rotatable bonds is 1. The lowest BCUT2D eigenvalue weighted by Gasteiger charge is -2.15. The molecule has 0 bridgehead atoms. The Hall–Kier alpha value is -2.25. The predicted octanol–water partition coefficient (Wildman–Crippen LogP) is 1.40. The number of carbonyl (C=O) groups excluding carboxylic acids is 2. The minimum Gasteiger partial charge on any atom is -0.386 e. The molecule has 0 spiro atoms. The maximum absolute atomic E-state index is 11.6. The first-order valence-electron chi connectivity index (χ1n) is 5.19. The van der Waals surface area contributed by atoms with Gasteiger partial charge in [-0.2, -0.15) is 8.42 Å². The van der Waals surface area contributed by atoms with Gasteiger partial charge in [-0.05, 0) is 23.6 Å². The average Bonchev–Trinajstić information content (AvgIpc) is 2.34. The number of benzene rings is 2. The lowest BCUT2D eigenvalue weighted by Crippen LogP contribution is -2.20. The quantitative estimate of drug-likeness (QED) is 0.481. The Labute approximate surface area is 107 Å². The van der Waals surface area contributed by atoms with Crippen molar-refractivity contribution in [1.29, 1.82) is 0 Å². The molecule has 1 aliphatic heterocycles. The summed E-state index contributed by atoms with van der Waals surface area (Å²) >= 11 is 0. The van der Waals surface area contributed by atoms with Gasteiger partial charge in [0.2, 0.25) is 0 Å². The van der Waals surface area contributed by atoms with E-state index in [1.54, 1.807) is 6.07 Å². The molecule has 6 nitrogen and oxygen atoms in total. The van der Waals surface area contributed by atoms with Crippen molar-refractivity contribution in [1.82, 2.24) is 0 Å². The van der Waals surface area contributed by atoms with E-state index in [1.807, 2.05) is 0 Å². The molecule has 0 fully saturated rings. The minimum atomic E-state index is -4.45. The summed E-state index contributed by atoms with van der Waals surface area (Å²) in [6.07, 6.45) is 0. The van der Waals surface area contributed by atoms with Gasteiger partial charge in [-0.25, -0.2) is 9.59 Å². The molecule has 1 heterocycles. The van der Waals surface area contributed by atoms with E-state index >= 15 is 0 Å². The van der Waals surface area contributed by atoms with Crippen molar-refractivity contribution in [2.75, 3.05) is 0 Å². The highest BCUT2D eigenvalue weighted by molar-refractivity contribution is 7.85. The van der Waals surface area contributed by atoms with Gasteiger partial charge in [-0.1, -0.05) is 12.1 Å². The summed E-state index contributed by atoms with van der Waals surface area (Å²) in [5.74, 6) is -1.71. The zero-order valence-corrected chi connectivity index (χ0v) is 10.1. The van der Waals surface area contributed by atoms with Crippen LogP contribution in [0.3, 0.4) is 0 Å².